The summed E-state index contributed by atoms with van der Waals surface area (Å²) in [5.74, 6) is 1.45. The van der Waals surface area contributed by atoms with Crippen LogP contribution in [-0.2, 0) is 0 Å². The topological polar surface area (TPSA) is 97.0 Å². The maximum absolute atomic E-state index is 13.3. The number of para-hydroxylation sites is 1. The third kappa shape index (κ3) is 2.61. The molecule has 4 aromatic heterocycles. The van der Waals surface area contributed by atoms with Crippen LogP contribution in [0.2, 0.25) is 0 Å². The van der Waals surface area contributed by atoms with Crippen molar-refractivity contribution in [3.63, 3.8) is 0 Å². The van der Waals surface area contributed by atoms with Crippen LogP contribution in [0.3, 0.4) is 0 Å². The van der Waals surface area contributed by atoms with Gasteiger partial charge < -0.3 is 9.88 Å². The average Bonchev–Trinajstić information content (AvgIpc) is 3.38. The second-order valence-corrected chi connectivity index (χ2v) is 6.97. The van der Waals surface area contributed by atoms with Gasteiger partial charge in [-0.2, -0.15) is 18.6 Å². The number of aromatic amines is 1. The van der Waals surface area contributed by atoms with Crippen molar-refractivity contribution >= 4 is 36.0 Å². The van der Waals surface area contributed by atoms with Crippen molar-refractivity contribution in [2.24, 2.45) is 0 Å². The van der Waals surface area contributed by atoms with Crippen molar-refractivity contribution in [2.45, 2.75) is 12.5 Å². The highest BCUT2D eigenvalue weighted by Gasteiger charge is 2.36. The summed E-state index contributed by atoms with van der Waals surface area (Å²) in [6.45, 7) is 0.810. The lowest BCUT2D eigenvalue weighted by atomic mass is 10.0. The Morgan fingerprint density at radius 2 is 1.90 bits per heavy atom. The molecule has 0 unspecified atom stereocenters. The van der Waals surface area contributed by atoms with Crippen LogP contribution in [0.5, 0.6) is 0 Å². The Kier molecular flexibility index (Phi) is 4.28. The Morgan fingerprint density at radius 1 is 1.03 bits per heavy atom. The zero-order valence-corrected chi connectivity index (χ0v) is 16.8. The standard InChI is InChI=1S/C20H16N8O.H2S/c29-20-15-7-4-9-27(15)25-18(28(20)13-5-2-1-3-6-13)14-8-10-26(14)19-16-17(22-11-21-16)23-12-24-19;/h1-7,9,11-12,14H,8,10H2,(H,21,22,23,24);1H2/t14-;/m0./s1. The van der Waals surface area contributed by atoms with E-state index in [1.807, 2.05) is 36.4 Å². The van der Waals surface area contributed by atoms with E-state index in [1.54, 1.807) is 27.7 Å². The van der Waals surface area contributed by atoms with Crippen molar-refractivity contribution in [1.29, 1.82) is 0 Å². The van der Waals surface area contributed by atoms with Crippen LogP contribution in [0.1, 0.15) is 18.3 Å². The summed E-state index contributed by atoms with van der Waals surface area (Å²) in [4.78, 5) is 31.5. The molecule has 10 heteroatoms. The van der Waals surface area contributed by atoms with Gasteiger partial charge in [0.25, 0.3) is 5.56 Å². The molecule has 1 saturated heterocycles. The fraction of sp³-hybridized carbons (Fsp3) is 0.150. The molecular formula is C20H18N8OS. The second kappa shape index (κ2) is 6.99. The number of H-pyrrole nitrogens is 1. The van der Waals surface area contributed by atoms with Crippen molar-refractivity contribution < 1.29 is 0 Å². The van der Waals surface area contributed by atoms with E-state index in [2.05, 4.69) is 24.8 Å². The zero-order chi connectivity index (χ0) is 19.4. The number of fused-ring (bicyclic) bond motifs is 2. The normalized spacial score (nSPS) is 15.9. The van der Waals surface area contributed by atoms with Gasteiger partial charge in [0.2, 0.25) is 0 Å². The summed E-state index contributed by atoms with van der Waals surface area (Å²) in [5, 5.41) is 4.81. The van der Waals surface area contributed by atoms with E-state index < -0.39 is 0 Å². The number of hydrogen-bond donors (Lipinski definition) is 1. The Hall–Kier alpha value is -3.66. The molecule has 5 aromatic rings. The van der Waals surface area contributed by atoms with Gasteiger partial charge in [0.05, 0.1) is 18.1 Å². The van der Waals surface area contributed by atoms with Gasteiger partial charge in [-0.05, 0) is 30.7 Å². The Morgan fingerprint density at radius 3 is 2.70 bits per heavy atom. The molecule has 0 radical (unpaired) electrons. The third-order valence-corrected chi connectivity index (χ3v) is 5.40. The van der Waals surface area contributed by atoms with Gasteiger partial charge in [-0.15, -0.1) is 0 Å². The first-order valence-corrected chi connectivity index (χ1v) is 9.38. The van der Waals surface area contributed by atoms with Gasteiger partial charge >= 0.3 is 0 Å². The first-order valence-electron chi connectivity index (χ1n) is 9.38. The summed E-state index contributed by atoms with van der Waals surface area (Å²) >= 11 is 0. The third-order valence-electron chi connectivity index (χ3n) is 5.40. The highest BCUT2D eigenvalue weighted by molar-refractivity contribution is 7.59. The number of anilines is 1. The average molecular weight is 418 g/mol. The van der Waals surface area contributed by atoms with Gasteiger partial charge in [0.15, 0.2) is 17.3 Å². The molecule has 0 amide bonds. The summed E-state index contributed by atoms with van der Waals surface area (Å²) in [7, 11) is 0. The number of hydrogen-bond acceptors (Lipinski definition) is 6. The minimum atomic E-state index is -0.0903. The first-order chi connectivity index (χ1) is 14.3. The molecule has 1 atom stereocenters. The molecule has 150 valence electrons. The molecule has 1 N–H and O–H groups in total. The molecule has 30 heavy (non-hydrogen) atoms. The van der Waals surface area contributed by atoms with Crippen molar-refractivity contribution in [1.82, 2.24) is 34.1 Å². The lowest BCUT2D eigenvalue weighted by Gasteiger charge is -2.41. The molecule has 9 nitrogen and oxygen atoms in total. The van der Waals surface area contributed by atoms with Gasteiger partial charge in [-0.1, -0.05) is 18.2 Å². The number of imidazole rings is 1. The summed E-state index contributed by atoms with van der Waals surface area (Å²) < 4.78 is 3.36. The molecule has 1 aromatic carbocycles. The van der Waals surface area contributed by atoms with Crippen molar-refractivity contribution in [3.8, 4) is 5.69 Å². The quantitative estimate of drug-likeness (QED) is 0.483. The van der Waals surface area contributed by atoms with Crippen molar-refractivity contribution in [2.75, 3.05) is 11.4 Å². The van der Waals surface area contributed by atoms with Crippen LogP contribution in [0, 0.1) is 0 Å². The predicted octanol–water partition coefficient (Wildman–Crippen LogP) is 2.22. The zero-order valence-electron chi connectivity index (χ0n) is 15.8. The monoisotopic (exact) mass is 418 g/mol. The van der Waals surface area contributed by atoms with E-state index in [1.165, 1.54) is 6.33 Å². The number of benzene rings is 1. The SMILES string of the molecule is O=c1c2cccn2nc([C@@H]2CCN2c2ncnc3nc[nH]c23)n1-c1ccccc1.S. The smallest absolute Gasteiger partial charge is 0.282 e. The van der Waals surface area contributed by atoms with Gasteiger partial charge in [-0.25, -0.2) is 19.5 Å². The predicted molar refractivity (Wildman–Crippen MR) is 118 cm³/mol. The fourth-order valence-electron chi connectivity index (χ4n) is 3.92. The van der Waals surface area contributed by atoms with E-state index in [4.69, 9.17) is 5.10 Å². The number of nitrogens with one attached hydrogen (secondary N) is 1. The molecule has 1 aliphatic rings. The summed E-state index contributed by atoms with van der Waals surface area (Å²) in [5.41, 5.74) is 2.65. The summed E-state index contributed by atoms with van der Waals surface area (Å²) in [6.07, 6.45) is 5.80. The molecular weight excluding hydrogens is 400 g/mol. The summed E-state index contributed by atoms with van der Waals surface area (Å²) in [6, 6.07) is 13.2. The molecule has 1 aliphatic heterocycles. The van der Waals surface area contributed by atoms with Crippen LogP contribution < -0.4 is 10.5 Å². The lowest BCUT2D eigenvalue weighted by molar-refractivity contribution is 0.424. The van der Waals surface area contributed by atoms with Crippen LogP contribution in [0.25, 0.3) is 22.4 Å². The second-order valence-electron chi connectivity index (χ2n) is 6.97. The molecule has 0 spiro atoms. The minimum absolute atomic E-state index is 0. The number of aromatic nitrogens is 7. The molecule has 0 bridgehead atoms. The Labute approximate surface area is 177 Å². The Bertz CT molecular complexity index is 1410. The maximum atomic E-state index is 13.3. The molecule has 5 heterocycles. The molecule has 0 saturated carbocycles. The molecule has 1 fully saturated rings. The van der Waals surface area contributed by atoms with E-state index >= 15 is 0 Å². The maximum Gasteiger partial charge on any atom is 0.282 e. The van der Waals surface area contributed by atoms with Gasteiger partial charge in [0.1, 0.15) is 17.4 Å². The van der Waals surface area contributed by atoms with Crippen LogP contribution >= 0.6 is 13.5 Å². The molecule has 6 rings (SSSR count). The first kappa shape index (κ1) is 18.4. The minimum Gasteiger partial charge on any atom is -0.344 e. The van der Waals surface area contributed by atoms with Gasteiger partial charge in [0, 0.05) is 12.7 Å². The number of rotatable bonds is 3. The Balaban J connectivity index is 0.00000193. The lowest BCUT2D eigenvalue weighted by Crippen LogP contribution is -2.45. The van der Waals surface area contributed by atoms with E-state index in [0.29, 0.717) is 17.0 Å². The fourth-order valence-corrected chi connectivity index (χ4v) is 3.92. The van der Waals surface area contributed by atoms with Crippen LogP contribution in [0.4, 0.5) is 5.82 Å². The van der Waals surface area contributed by atoms with Crippen LogP contribution in [-0.4, -0.2) is 40.7 Å². The number of nitrogens with zero attached hydrogens (tertiary/aromatic N) is 7. The van der Waals surface area contributed by atoms with Gasteiger partial charge in [-0.3, -0.25) is 9.36 Å². The largest absolute Gasteiger partial charge is 0.344 e. The highest BCUT2D eigenvalue weighted by atomic mass is 32.1. The van der Waals surface area contributed by atoms with E-state index in [0.717, 1.165) is 30.0 Å². The highest BCUT2D eigenvalue weighted by Crippen LogP contribution is 2.38. The van der Waals surface area contributed by atoms with Crippen molar-refractivity contribution in [3.05, 3.63) is 77.5 Å². The van der Waals surface area contributed by atoms with E-state index in [9.17, 15) is 4.79 Å². The molecule has 0 aliphatic carbocycles. The van der Waals surface area contributed by atoms with E-state index in [-0.39, 0.29) is 25.1 Å². The van der Waals surface area contributed by atoms with Crippen LogP contribution in [0.15, 0.2) is 66.1 Å².